The molecule has 0 aromatic rings. The molecule has 1 aliphatic carbocycles. The van der Waals surface area contributed by atoms with Gasteiger partial charge in [0, 0.05) is 29.3 Å². The van der Waals surface area contributed by atoms with Crippen molar-refractivity contribution in [1.29, 1.82) is 5.26 Å². The lowest BCUT2D eigenvalue weighted by Crippen LogP contribution is -2.69. The third-order valence-electron chi connectivity index (χ3n) is 7.83. The SMILES string of the molecule is CCOC(=O)CSC1=C(SCC(=O)OCC)C(=O)C2=C(C[C@H]3[C@H]4[C@H](C(=O)O)C[C@@H](C(C#N)N3[C@H]2CO)N4C)C1=O. The largest absolute Gasteiger partial charge is 0.481 e. The van der Waals surface area contributed by atoms with Gasteiger partial charge < -0.3 is 19.7 Å². The number of aliphatic carboxylic acids is 1. The standard InChI is InChI=1S/C26H31N3O9S2/c1-4-37-18(31)10-39-24-22(33)12-6-15-21-13(26(35)36)7-14(28(21)3)16(8-27)29(15)17(9-30)20(12)23(34)25(24)40-11-19(32)38-5-2/h13-17,21,30H,4-7,9-11H2,1-3H3,(H,35,36)/t13-,14+,15+,16?,17+,21-/m1/s1. The van der Waals surface area contributed by atoms with Crippen molar-refractivity contribution >= 4 is 53.0 Å². The fourth-order valence-corrected chi connectivity index (χ4v) is 8.34. The van der Waals surface area contributed by atoms with E-state index in [2.05, 4.69) is 6.07 Å². The second-order valence-electron chi connectivity index (χ2n) is 9.79. The number of Topliss-reactive ketones (excluding diaryl/α,β-unsaturated/α-hetero) is 2. The fourth-order valence-electron chi connectivity index (χ4n) is 6.35. The zero-order valence-electron chi connectivity index (χ0n) is 22.3. The Labute approximate surface area is 239 Å². The molecule has 0 aromatic carbocycles. The maximum absolute atomic E-state index is 14.0. The van der Waals surface area contributed by atoms with Crippen molar-refractivity contribution in [2.45, 2.75) is 56.9 Å². The van der Waals surface area contributed by atoms with Gasteiger partial charge in [-0.25, -0.2) is 0 Å². The van der Waals surface area contributed by atoms with Gasteiger partial charge in [-0.1, -0.05) is 0 Å². The molecule has 0 spiro atoms. The van der Waals surface area contributed by atoms with Crippen LogP contribution in [0.4, 0.5) is 0 Å². The second kappa shape index (κ2) is 12.4. The van der Waals surface area contributed by atoms with Crippen LogP contribution in [0.2, 0.25) is 0 Å². The van der Waals surface area contributed by atoms with Crippen LogP contribution in [-0.2, 0) is 33.4 Å². The minimum absolute atomic E-state index is 0.000612. The second-order valence-corrected chi connectivity index (χ2v) is 11.8. The predicted octanol–water partition coefficient (Wildman–Crippen LogP) is 0.353. The lowest BCUT2D eigenvalue weighted by atomic mass is 9.76. The van der Waals surface area contributed by atoms with Gasteiger partial charge in [-0.15, -0.1) is 23.5 Å². The van der Waals surface area contributed by atoms with Gasteiger partial charge in [-0.2, -0.15) is 5.26 Å². The maximum Gasteiger partial charge on any atom is 0.316 e. The molecule has 2 N–H and O–H groups in total. The molecule has 0 radical (unpaired) electrons. The van der Waals surface area contributed by atoms with E-state index >= 15 is 0 Å². The van der Waals surface area contributed by atoms with Crippen molar-refractivity contribution in [2.75, 3.05) is 38.4 Å². The summed E-state index contributed by atoms with van der Waals surface area (Å²) >= 11 is 1.67. The van der Waals surface area contributed by atoms with E-state index in [1.807, 2.05) is 4.90 Å². The van der Waals surface area contributed by atoms with E-state index in [4.69, 9.17) is 9.47 Å². The number of carbonyl (C=O) groups is 5. The lowest BCUT2D eigenvalue weighted by Gasteiger charge is -2.54. The number of carboxylic acids is 1. The molecule has 216 valence electrons. The number of piperazine rings is 1. The number of thioether (sulfide) groups is 2. The van der Waals surface area contributed by atoms with Crippen LogP contribution in [0, 0.1) is 17.2 Å². The minimum Gasteiger partial charge on any atom is -0.481 e. The number of ether oxygens (including phenoxy) is 2. The summed E-state index contributed by atoms with van der Waals surface area (Å²) in [6.07, 6.45) is 0.228. The third kappa shape index (κ3) is 5.21. The Kier molecular flexibility index (Phi) is 9.41. The van der Waals surface area contributed by atoms with Gasteiger partial charge >= 0.3 is 17.9 Å². The molecule has 2 fully saturated rings. The summed E-state index contributed by atoms with van der Waals surface area (Å²) in [7, 11) is 1.76. The van der Waals surface area contributed by atoms with E-state index < -0.39 is 72.2 Å². The average Bonchev–Trinajstić information content (AvgIpc) is 3.17. The average molecular weight is 594 g/mol. The number of carbonyl (C=O) groups excluding carboxylic acids is 4. The summed E-state index contributed by atoms with van der Waals surface area (Å²) in [6, 6.07) is -1.17. The van der Waals surface area contributed by atoms with Crippen LogP contribution < -0.4 is 0 Å². The summed E-state index contributed by atoms with van der Waals surface area (Å²) in [5.74, 6) is -4.53. The Morgan fingerprint density at radius 1 is 1.02 bits per heavy atom. The Morgan fingerprint density at radius 2 is 1.60 bits per heavy atom. The van der Waals surface area contributed by atoms with Gasteiger partial charge in [0.2, 0.25) is 0 Å². The van der Waals surface area contributed by atoms with Crippen molar-refractivity contribution in [3.8, 4) is 6.07 Å². The fraction of sp³-hybridized carbons (Fsp3) is 0.615. The Hall–Kier alpha value is -2.70. The summed E-state index contributed by atoms with van der Waals surface area (Å²) in [6.45, 7) is 2.99. The molecule has 6 atom stereocenters. The van der Waals surface area contributed by atoms with Crippen LogP contribution in [-0.4, -0.2) is 118 Å². The van der Waals surface area contributed by atoms with Gasteiger partial charge in [-0.05, 0) is 33.7 Å². The normalized spacial score (nSPS) is 30.1. The van der Waals surface area contributed by atoms with E-state index in [1.54, 1.807) is 25.8 Å². The molecule has 2 bridgehead atoms. The topological polar surface area (TPSA) is 175 Å². The first-order chi connectivity index (χ1) is 19.1. The first-order valence-electron chi connectivity index (χ1n) is 13.0. The van der Waals surface area contributed by atoms with E-state index in [0.717, 1.165) is 23.5 Å². The van der Waals surface area contributed by atoms with E-state index in [-0.39, 0.29) is 58.5 Å². The highest BCUT2D eigenvalue weighted by atomic mass is 32.2. The van der Waals surface area contributed by atoms with Gasteiger partial charge in [-0.3, -0.25) is 33.8 Å². The molecule has 0 aromatic heterocycles. The highest BCUT2D eigenvalue weighted by Gasteiger charge is 2.61. The molecule has 3 heterocycles. The molecular formula is C26H31N3O9S2. The Morgan fingerprint density at radius 3 is 2.10 bits per heavy atom. The number of hydrogen-bond donors (Lipinski definition) is 2. The predicted molar refractivity (Wildman–Crippen MR) is 144 cm³/mol. The van der Waals surface area contributed by atoms with Crippen molar-refractivity contribution in [3.63, 3.8) is 0 Å². The number of nitriles is 1. The first kappa shape index (κ1) is 30.3. The summed E-state index contributed by atoms with van der Waals surface area (Å²) in [5, 5.41) is 30.7. The summed E-state index contributed by atoms with van der Waals surface area (Å²) in [5.41, 5.74) is 0.184. The molecular weight excluding hydrogens is 562 g/mol. The number of hydrogen-bond acceptors (Lipinski definition) is 13. The zero-order chi connectivity index (χ0) is 29.3. The van der Waals surface area contributed by atoms with E-state index in [1.165, 1.54) is 0 Å². The minimum atomic E-state index is -1.02. The number of allylic oxidation sites excluding steroid dienone is 2. The van der Waals surface area contributed by atoms with Crippen LogP contribution in [0.25, 0.3) is 0 Å². The van der Waals surface area contributed by atoms with Gasteiger partial charge in [0.05, 0.1) is 59.2 Å². The summed E-state index contributed by atoms with van der Waals surface area (Å²) in [4.78, 5) is 67.9. The molecule has 40 heavy (non-hydrogen) atoms. The zero-order valence-corrected chi connectivity index (χ0v) is 24.0. The van der Waals surface area contributed by atoms with E-state index in [0.29, 0.717) is 0 Å². The number of rotatable bonds is 10. The molecule has 2 saturated heterocycles. The molecule has 12 nitrogen and oxygen atoms in total. The smallest absolute Gasteiger partial charge is 0.316 e. The Bertz CT molecular complexity index is 1230. The van der Waals surface area contributed by atoms with Crippen molar-refractivity contribution < 1.29 is 43.7 Å². The van der Waals surface area contributed by atoms with Gasteiger partial charge in [0.1, 0.15) is 6.04 Å². The first-order valence-corrected chi connectivity index (χ1v) is 14.9. The van der Waals surface area contributed by atoms with Gasteiger partial charge in [0.15, 0.2) is 11.6 Å². The lowest BCUT2D eigenvalue weighted by molar-refractivity contribution is -0.144. The maximum atomic E-state index is 14.0. The summed E-state index contributed by atoms with van der Waals surface area (Å²) < 4.78 is 9.94. The number of likely N-dealkylation sites (N-methyl/N-ethyl adjacent to an activating group) is 1. The molecule has 14 heteroatoms. The molecule has 4 aliphatic rings. The number of carboxylic acid groups (broad SMARTS) is 1. The molecule has 4 rings (SSSR count). The Balaban J connectivity index is 1.77. The molecule has 0 amide bonds. The molecule has 0 saturated carbocycles. The van der Waals surface area contributed by atoms with Crippen LogP contribution in [0.1, 0.15) is 26.7 Å². The van der Waals surface area contributed by atoms with Crippen LogP contribution in [0.5, 0.6) is 0 Å². The van der Waals surface area contributed by atoms with Crippen LogP contribution in [0.15, 0.2) is 21.0 Å². The number of fused-ring (bicyclic) bond motifs is 4. The number of aliphatic hydroxyl groups excluding tert-OH is 1. The molecule has 1 unspecified atom stereocenters. The highest BCUT2D eigenvalue weighted by molar-refractivity contribution is 8.08. The quantitative estimate of drug-likeness (QED) is 0.262. The van der Waals surface area contributed by atoms with E-state index in [9.17, 15) is 39.4 Å². The third-order valence-corrected chi connectivity index (χ3v) is 10.1. The number of nitrogens with zero attached hydrogens (tertiary/aromatic N) is 3. The van der Waals surface area contributed by atoms with Crippen LogP contribution >= 0.6 is 23.5 Å². The van der Waals surface area contributed by atoms with Crippen molar-refractivity contribution in [1.82, 2.24) is 9.80 Å². The van der Waals surface area contributed by atoms with Crippen molar-refractivity contribution in [2.24, 2.45) is 5.92 Å². The molecule has 3 aliphatic heterocycles. The highest BCUT2D eigenvalue weighted by Crippen LogP contribution is 2.50. The van der Waals surface area contributed by atoms with Crippen LogP contribution in [0.3, 0.4) is 0 Å². The number of aliphatic hydroxyl groups is 1. The van der Waals surface area contributed by atoms with Gasteiger partial charge in [0.25, 0.3) is 0 Å². The number of ketones is 2. The monoisotopic (exact) mass is 593 g/mol. The van der Waals surface area contributed by atoms with Crippen molar-refractivity contribution in [3.05, 3.63) is 21.0 Å². The number of esters is 2.